The smallest absolute Gasteiger partial charge is 0.257 e. The highest BCUT2D eigenvalue weighted by Gasteiger charge is 2.17. The van der Waals surface area contributed by atoms with E-state index in [9.17, 15) is 4.79 Å². The summed E-state index contributed by atoms with van der Waals surface area (Å²) in [4.78, 5) is 14.7. The molecule has 0 aromatic heterocycles. The number of halogens is 1. The minimum absolute atomic E-state index is 0.181. The molecule has 7 nitrogen and oxygen atoms in total. The Hall–Kier alpha value is -2.55. The van der Waals surface area contributed by atoms with Crippen molar-refractivity contribution in [2.75, 3.05) is 49.7 Å². The summed E-state index contributed by atoms with van der Waals surface area (Å²) in [5, 5.41) is 6.45. The van der Waals surface area contributed by atoms with Crippen LogP contribution >= 0.6 is 23.8 Å². The van der Waals surface area contributed by atoms with E-state index in [4.69, 9.17) is 38.0 Å². The van der Waals surface area contributed by atoms with Crippen LogP contribution < -0.4 is 25.0 Å². The second-order valence-electron chi connectivity index (χ2n) is 6.53. The van der Waals surface area contributed by atoms with E-state index in [1.807, 2.05) is 12.1 Å². The summed E-state index contributed by atoms with van der Waals surface area (Å²) < 4.78 is 16.3. The molecule has 0 radical (unpaired) electrons. The number of anilines is 2. The van der Waals surface area contributed by atoms with Crippen LogP contribution in [0, 0.1) is 0 Å². The largest absolute Gasteiger partial charge is 0.486 e. The summed E-state index contributed by atoms with van der Waals surface area (Å²) in [6.07, 6.45) is 0. The van der Waals surface area contributed by atoms with Gasteiger partial charge in [0.15, 0.2) is 16.6 Å². The van der Waals surface area contributed by atoms with Gasteiger partial charge in [-0.25, -0.2) is 0 Å². The first-order chi connectivity index (χ1) is 14.1. The molecule has 0 aliphatic carbocycles. The van der Waals surface area contributed by atoms with Crippen molar-refractivity contribution in [3.8, 4) is 11.5 Å². The molecular formula is C20H20ClN3O4S. The number of morpholine rings is 1. The number of thiocarbonyl (C=S) groups is 1. The van der Waals surface area contributed by atoms with E-state index in [1.54, 1.807) is 24.3 Å². The maximum Gasteiger partial charge on any atom is 0.257 e. The van der Waals surface area contributed by atoms with Gasteiger partial charge in [-0.2, -0.15) is 0 Å². The molecule has 0 spiro atoms. The lowest BCUT2D eigenvalue weighted by Crippen LogP contribution is -2.36. The Kier molecular flexibility index (Phi) is 6.03. The molecule has 0 atom stereocenters. The van der Waals surface area contributed by atoms with Gasteiger partial charge in [0, 0.05) is 24.3 Å². The number of amides is 1. The first kappa shape index (κ1) is 19.8. The summed E-state index contributed by atoms with van der Waals surface area (Å²) >= 11 is 11.7. The average Bonchev–Trinajstić information content (AvgIpc) is 2.74. The number of carbonyl (C=O) groups is 1. The average molecular weight is 434 g/mol. The molecule has 2 N–H and O–H groups in total. The van der Waals surface area contributed by atoms with Gasteiger partial charge in [0.25, 0.3) is 5.91 Å². The van der Waals surface area contributed by atoms with Crippen LogP contribution in [0.1, 0.15) is 10.4 Å². The van der Waals surface area contributed by atoms with Crippen LogP contribution in [-0.2, 0) is 4.74 Å². The van der Waals surface area contributed by atoms with Crippen molar-refractivity contribution in [2.45, 2.75) is 0 Å². The lowest BCUT2D eigenvalue weighted by molar-refractivity contribution is 0.0976. The molecule has 1 amide bonds. The Morgan fingerprint density at radius 1 is 1.00 bits per heavy atom. The Labute approximate surface area is 178 Å². The van der Waals surface area contributed by atoms with Gasteiger partial charge in [-0.1, -0.05) is 11.6 Å². The predicted octanol–water partition coefficient (Wildman–Crippen LogP) is 3.07. The predicted molar refractivity (Wildman–Crippen MR) is 116 cm³/mol. The second-order valence-corrected chi connectivity index (χ2v) is 7.35. The quantitative estimate of drug-likeness (QED) is 0.721. The molecule has 1 fully saturated rings. The molecule has 152 valence electrons. The second kappa shape index (κ2) is 8.86. The van der Waals surface area contributed by atoms with E-state index in [2.05, 4.69) is 15.5 Å². The fraction of sp³-hybridized carbons (Fsp3) is 0.300. The maximum atomic E-state index is 12.5. The zero-order valence-electron chi connectivity index (χ0n) is 15.6. The number of fused-ring (bicyclic) bond motifs is 1. The van der Waals surface area contributed by atoms with Gasteiger partial charge in [0.2, 0.25) is 0 Å². The van der Waals surface area contributed by atoms with Crippen molar-refractivity contribution in [2.24, 2.45) is 0 Å². The topological polar surface area (TPSA) is 72.1 Å². The lowest BCUT2D eigenvalue weighted by atomic mass is 10.2. The van der Waals surface area contributed by atoms with Gasteiger partial charge in [0.05, 0.1) is 23.9 Å². The number of nitrogens with zero attached hydrogens (tertiary/aromatic N) is 1. The molecule has 4 rings (SSSR count). The van der Waals surface area contributed by atoms with Crippen molar-refractivity contribution in [1.29, 1.82) is 0 Å². The molecule has 2 aromatic carbocycles. The van der Waals surface area contributed by atoms with Gasteiger partial charge in [-0.05, 0) is 48.6 Å². The van der Waals surface area contributed by atoms with E-state index in [1.165, 1.54) is 0 Å². The highest BCUT2D eigenvalue weighted by molar-refractivity contribution is 7.80. The number of hydrogen-bond donors (Lipinski definition) is 2. The first-order valence-corrected chi connectivity index (χ1v) is 10.0. The van der Waals surface area contributed by atoms with Gasteiger partial charge in [-0.15, -0.1) is 0 Å². The van der Waals surface area contributed by atoms with E-state index in [-0.39, 0.29) is 11.0 Å². The van der Waals surface area contributed by atoms with Gasteiger partial charge >= 0.3 is 0 Å². The Balaban J connectivity index is 1.38. The van der Waals surface area contributed by atoms with Crippen LogP contribution in [0.15, 0.2) is 36.4 Å². The van der Waals surface area contributed by atoms with Crippen molar-refractivity contribution >= 4 is 46.2 Å². The molecule has 1 saturated heterocycles. The van der Waals surface area contributed by atoms with Crippen molar-refractivity contribution in [3.63, 3.8) is 0 Å². The summed E-state index contributed by atoms with van der Waals surface area (Å²) in [5.74, 6) is 0.840. The van der Waals surface area contributed by atoms with Crippen LogP contribution in [0.5, 0.6) is 11.5 Å². The molecule has 0 bridgehead atoms. The normalized spacial score (nSPS) is 15.6. The number of rotatable bonds is 3. The Morgan fingerprint density at radius 2 is 1.76 bits per heavy atom. The highest BCUT2D eigenvalue weighted by atomic mass is 35.5. The third-order valence-corrected chi connectivity index (χ3v) is 5.10. The van der Waals surface area contributed by atoms with E-state index in [0.717, 1.165) is 18.8 Å². The molecular weight excluding hydrogens is 414 g/mol. The molecule has 29 heavy (non-hydrogen) atoms. The summed E-state index contributed by atoms with van der Waals surface area (Å²) in [7, 11) is 0. The molecule has 9 heteroatoms. The van der Waals surface area contributed by atoms with Crippen LogP contribution in [0.4, 0.5) is 11.4 Å². The standard InChI is InChI=1S/C20H20ClN3O4S/c21-15-12-14(2-3-16(15)24-5-7-26-8-6-24)22-20(29)23-19(25)13-1-4-17-18(11-13)28-10-9-27-17/h1-4,11-12H,5-10H2,(H2,22,23,25,29). The number of ether oxygens (including phenoxy) is 3. The van der Waals surface area contributed by atoms with E-state index in [0.29, 0.717) is 54.2 Å². The lowest BCUT2D eigenvalue weighted by Gasteiger charge is -2.29. The number of carbonyl (C=O) groups excluding carboxylic acids is 1. The molecule has 2 aromatic rings. The Bertz CT molecular complexity index is 934. The number of nitrogens with one attached hydrogen (secondary N) is 2. The highest BCUT2D eigenvalue weighted by Crippen LogP contribution is 2.31. The number of benzene rings is 2. The molecule has 2 aliphatic rings. The zero-order valence-corrected chi connectivity index (χ0v) is 17.1. The van der Waals surface area contributed by atoms with Gasteiger partial charge in [0.1, 0.15) is 13.2 Å². The third kappa shape index (κ3) is 4.72. The monoisotopic (exact) mass is 433 g/mol. The molecule has 0 saturated carbocycles. The zero-order chi connectivity index (χ0) is 20.2. The molecule has 2 aliphatic heterocycles. The van der Waals surface area contributed by atoms with E-state index >= 15 is 0 Å². The summed E-state index contributed by atoms with van der Waals surface area (Å²) in [5.41, 5.74) is 2.07. The minimum atomic E-state index is -0.337. The van der Waals surface area contributed by atoms with Crippen LogP contribution in [0.2, 0.25) is 5.02 Å². The SMILES string of the molecule is O=C(NC(=S)Nc1ccc(N2CCOCC2)c(Cl)c1)c1ccc2c(c1)OCCO2. The van der Waals surface area contributed by atoms with Crippen LogP contribution in [0.3, 0.4) is 0 Å². The van der Waals surface area contributed by atoms with Crippen molar-refractivity contribution in [1.82, 2.24) is 5.32 Å². The minimum Gasteiger partial charge on any atom is -0.486 e. The van der Waals surface area contributed by atoms with Gasteiger partial charge in [-0.3, -0.25) is 10.1 Å². The molecule has 0 unspecified atom stereocenters. The number of hydrogen-bond acceptors (Lipinski definition) is 6. The third-order valence-electron chi connectivity index (χ3n) is 4.59. The Morgan fingerprint density at radius 3 is 2.52 bits per heavy atom. The molecule has 2 heterocycles. The first-order valence-electron chi connectivity index (χ1n) is 9.24. The summed E-state index contributed by atoms with van der Waals surface area (Å²) in [6.45, 7) is 3.93. The summed E-state index contributed by atoms with van der Waals surface area (Å²) in [6, 6.07) is 10.6. The fourth-order valence-electron chi connectivity index (χ4n) is 3.17. The van der Waals surface area contributed by atoms with Gasteiger partial charge < -0.3 is 24.4 Å². The van der Waals surface area contributed by atoms with Crippen LogP contribution in [0.25, 0.3) is 0 Å². The van der Waals surface area contributed by atoms with Crippen molar-refractivity contribution in [3.05, 3.63) is 47.0 Å². The van der Waals surface area contributed by atoms with Crippen molar-refractivity contribution < 1.29 is 19.0 Å². The van der Waals surface area contributed by atoms with E-state index < -0.39 is 0 Å². The fourth-order valence-corrected chi connectivity index (χ4v) is 3.68. The van der Waals surface area contributed by atoms with Crippen LogP contribution in [-0.4, -0.2) is 50.5 Å². The maximum absolute atomic E-state index is 12.5.